The molecule has 0 N–H and O–H groups in total. The van der Waals surface area contributed by atoms with Crippen LogP contribution in [0, 0.1) is 5.92 Å². The van der Waals surface area contributed by atoms with Crippen molar-refractivity contribution in [2.45, 2.75) is 19.4 Å². The fraction of sp³-hybridized carbons (Fsp3) is 0.417. The summed E-state index contributed by atoms with van der Waals surface area (Å²) in [5.74, 6) is 0.314. The van der Waals surface area contributed by atoms with E-state index in [2.05, 4.69) is 26.9 Å². The molecule has 6 nitrogen and oxygen atoms in total. The predicted molar refractivity (Wildman–Crippen MR) is 119 cm³/mol. The second kappa shape index (κ2) is 9.30. The van der Waals surface area contributed by atoms with Gasteiger partial charge in [0.15, 0.2) is 5.58 Å². The summed E-state index contributed by atoms with van der Waals surface area (Å²) in [7, 11) is 4.09. The molecular weight excluding hydrogens is 376 g/mol. The van der Waals surface area contributed by atoms with Crippen LogP contribution in [0.1, 0.15) is 18.4 Å². The maximum Gasteiger partial charge on any atom is 0.298 e. The largest absolute Gasteiger partial charge is 0.423 e. The number of piperidine rings is 1. The number of aromatic nitrogens is 1. The summed E-state index contributed by atoms with van der Waals surface area (Å²) in [6, 6.07) is 18.7. The fourth-order valence-corrected chi connectivity index (χ4v) is 3.96. The summed E-state index contributed by atoms with van der Waals surface area (Å²) >= 11 is 0. The summed E-state index contributed by atoms with van der Waals surface area (Å²) in [6.07, 6.45) is 1.65. The molecule has 1 aliphatic heterocycles. The minimum absolute atomic E-state index is 0.0523. The number of oxazole rings is 1. The lowest BCUT2D eigenvalue weighted by molar-refractivity contribution is -0.137. The Morgan fingerprint density at radius 2 is 1.73 bits per heavy atom. The monoisotopic (exact) mass is 406 g/mol. The Morgan fingerprint density at radius 3 is 2.43 bits per heavy atom. The van der Waals surface area contributed by atoms with Crippen LogP contribution >= 0.6 is 0 Å². The van der Waals surface area contributed by atoms with Gasteiger partial charge in [-0.05, 0) is 44.6 Å². The van der Waals surface area contributed by atoms with Crippen LogP contribution in [0.15, 0.2) is 59.0 Å². The van der Waals surface area contributed by atoms with E-state index in [9.17, 15) is 4.79 Å². The van der Waals surface area contributed by atoms with E-state index in [1.807, 2.05) is 61.5 Å². The highest BCUT2D eigenvalue weighted by atomic mass is 16.4. The SMILES string of the molecule is CN(C)CCN(Cc1ccccc1)C(=O)C1CCN(c2nc3ccccc3o2)CC1. The van der Waals surface area contributed by atoms with Gasteiger partial charge < -0.3 is 19.1 Å². The van der Waals surface area contributed by atoms with Crippen molar-refractivity contribution in [1.29, 1.82) is 0 Å². The quantitative estimate of drug-likeness (QED) is 0.600. The third kappa shape index (κ3) is 4.82. The van der Waals surface area contributed by atoms with Gasteiger partial charge in [-0.1, -0.05) is 42.5 Å². The minimum atomic E-state index is 0.0523. The van der Waals surface area contributed by atoms with E-state index in [0.29, 0.717) is 12.6 Å². The van der Waals surface area contributed by atoms with Crippen molar-refractivity contribution in [3.8, 4) is 0 Å². The maximum atomic E-state index is 13.3. The van der Waals surface area contributed by atoms with Crippen molar-refractivity contribution < 1.29 is 9.21 Å². The lowest BCUT2D eigenvalue weighted by atomic mass is 9.95. The average molecular weight is 407 g/mol. The first kappa shape index (κ1) is 20.4. The van der Waals surface area contributed by atoms with E-state index >= 15 is 0 Å². The number of rotatable bonds is 7. The van der Waals surface area contributed by atoms with Crippen LogP contribution in [-0.2, 0) is 11.3 Å². The first-order chi connectivity index (χ1) is 14.6. The van der Waals surface area contributed by atoms with Crippen LogP contribution in [0.25, 0.3) is 11.1 Å². The predicted octanol–water partition coefficient (Wildman–Crippen LogP) is 3.63. The highest BCUT2D eigenvalue weighted by Gasteiger charge is 2.30. The molecule has 2 aromatic carbocycles. The lowest BCUT2D eigenvalue weighted by Gasteiger charge is -2.34. The Bertz CT molecular complexity index is 929. The molecule has 3 aromatic rings. The third-order valence-electron chi connectivity index (χ3n) is 5.74. The van der Waals surface area contributed by atoms with Crippen molar-refractivity contribution in [3.05, 3.63) is 60.2 Å². The Labute approximate surface area is 178 Å². The van der Waals surface area contributed by atoms with Gasteiger partial charge >= 0.3 is 0 Å². The number of fused-ring (bicyclic) bond motifs is 1. The summed E-state index contributed by atoms with van der Waals surface area (Å²) in [5.41, 5.74) is 2.86. The van der Waals surface area contributed by atoms with Gasteiger partial charge in [-0.3, -0.25) is 4.79 Å². The van der Waals surface area contributed by atoms with Gasteiger partial charge in [0.2, 0.25) is 5.91 Å². The van der Waals surface area contributed by atoms with E-state index < -0.39 is 0 Å². The van der Waals surface area contributed by atoms with Crippen LogP contribution in [0.3, 0.4) is 0 Å². The number of anilines is 1. The lowest BCUT2D eigenvalue weighted by Crippen LogP contribution is -2.44. The number of carbonyl (C=O) groups is 1. The second-order valence-electron chi connectivity index (χ2n) is 8.27. The Hall–Kier alpha value is -2.86. The highest BCUT2D eigenvalue weighted by Crippen LogP contribution is 2.27. The van der Waals surface area contributed by atoms with Gasteiger partial charge in [-0.15, -0.1) is 0 Å². The molecule has 0 radical (unpaired) electrons. The van der Waals surface area contributed by atoms with E-state index in [-0.39, 0.29) is 11.8 Å². The zero-order chi connectivity index (χ0) is 20.9. The van der Waals surface area contributed by atoms with E-state index in [0.717, 1.165) is 50.1 Å². The number of likely N-dealkylation sites (N-methyl/N-ethyl adjacent to an activating group) is 1. The summed E-state index contributed by atoms with van der Waals surface area (Å²) in [5, 5.41) is 0. The van der Waals surface area contributed by atoms with Gasteiger partial charge in [0.1, 0.15) is 5.52 Å². The van der Waals surface area contributed by atoms with E-state index in [4.69, 9.17) is 4.42 Å². The summed E-state index contributed by atoms with van der Waals surface area (Å²) in [4.78, 5) is 24.3. The topological polar surface area (TPSA) is 52.8 Å². The van der Waals surface area contributed by atoms with Crippen molar-refractivity contribution >= 4 is 23.0 Å². The average Bonchev–Trinajstić information content (AvgIpc) is 3.21. The molecule has 1 saturated heterocycles. The Kier molecular flexibility index (Phi) is 6.33. The number of hydrogen-bond donors (Lipinski definition) is 0. The van der Waals surface area contributed by atoms with Gasteiger partial charge in [0.25, 0.3) is 6.01 Å². The van der Waals surface area contributed by atoms with Crippen LogP contribution in [0.5, 0.6) is 0 Å². The zero-order valence-electron chi connectivity index (χ0n) is 17.8. The Morgan fingerprint density at radius 1 is 1.03 bits per heavy atom. The maximum absolute atomic E-state index is 13.3. The van der Waals surface area contributed by atoms with Crippen LogP contribution in [0.4, 0.5) is 6.01 Å². The highest BCUT2D eigenvalue weighted by molar-refractivity contribution is 5.79. The molecule has 1 aliphatic rings. The summed E-state index contributed by atoms with van der Waals surface area (Å²) in [6.45, 7) is 3.84. The van der Waals surface area contributed by atoms with Crippen molar-refractivity contribution in [3.63, 3.8) is 0 Å². The summed E-state index contributed by atoms with van der Waals surface area (Å²) < 4.78 is 5.91. The molecule has 0 unspecified atom stereocenters. The standard InChI is InChI=1S/C24H30N4O2/c1-26(2)16-17-28(18-19-8-4-3-5-9-19)23(29)20-12-14-27(15-13-20)24-25-21-10-6-7-11-22(21)30-24/h3-11,20H,12-18H2,1-2H3. The molecule has 0 spiro atoms. The molecule has 158 valence electrons. The fourth-order valence-electron chi connectivity index (χ4n) is 3.96. The third-order valence-corrected chi connectivity index (χ3v) is 5.74. The van der Waals surface area contributed by atoms with Gasteiger partial charge in [0, 0.05) is 38.6 Å². The van der Waals surface area contributed by atoms with Crippen LogP contribution in [-0.4, -0.2) is 61.0 Å². The molecule has 1 aromatic heterocycles. The molecule has 4 rings (SSSR count). The molecule has 1 fully saturated rings. The number of para-hydroxylation sites is 2. The zero-order valence-corrected chi connectivity index (χ0v) is 17.8. The molecule has 2 heterocycles. The van der Waals surface area contributed by atoms with Crippen molar-refractivity contribution in [2.24, 2.45) is 5.92 Å². The molecule has 0 atom stereocenters. The number of nitrogens with zero attached hydrogens (tertiary/aromatic N) is 4. The molecule has 30 heavy (non-hydrogen) atoms. The van der Waals surface area contributed by atoms with E-state index in [1.165, 1.54) is 5.56 Å². The first-order valence-electron chi connectivity index (χ1n) is 10.7. The smallest absolute Gasteiger partial charge is 0.298 e. The van der Waals surface area contributed by atoms with Crippen LogP contribution in [0.2, 0.25) is 0 Å². The first-order valence-corrected chi connectivity index (χ1v) is 10.7. The molecule has 0 bridgehead atoms. The number of hydrogen-bond acceptors (Lipinski definition) is 5. The molecule has 6 heteroatoms. The van der Waals surface area contributed by atoms with Crippen molar-refractivity contribution in [2.75, 3.05) is 45.2 Å². The van der Waals surface area contributed by atoms with Crippen LogP contribution < -0.4 is 4.90 Å². The van der Waals surface area contributed by atoms with E-state index in [1.54, 1.807) is 0 Å². The Balaban J connectivity index is 1.40. The normalized spacial score (nSPS) is 15.1. The number of benzene rings is 2. The van der Waals surface area contributed by atoms with Gasteiger partial charge in [0.05, 0.1) is 0 Å². The van der Waals surface area contributed by atoms with Gasteiger partial charge in [-0.2, -0.15) is 4.98 Å². The molecule has 1 amide bonds. The van der Waals surface area contributed by atoms with Gasteiger partial charge in [-0.25, -0.2) is 0 Å². The number of amides is 1. The molecular formula is C24H30N4O2. The molecule has 0 saturated carbocycles. The molecule has 0 aliphatic carbocycles. The second-order valence-corrected chi connectivity index (χ2v) is 8.27. The number of carbonyl (C=O) groups excluding carboxylic acids is 1. The van der Waals surface area contributed by atoms with Crippen molar-refractivity contribution in [1.82, 2.24) is 14.8 Å². The minimum Gasteiger partial charge on any atom is -0.423 e.